The Labute approximate surface area is 379 Å². The van der Waals surface area contributed by atoms with E-state index in [1.54, 1.807) is 0 Å². The van der Waals surface area contributed by atoms with Crippen molar-refractivity contribution in [2.45, 2.75) is 19.3 Å². The molecule has 0 saturated heterocycles. The highest BCUT2D eigenvalue weighted by Gasteiger charge is 2.37. The number of benzene rings is 9. The number of aromatic nitrogens is 5. The van der Waals surface area contributed by atoms with Gasteiger partial charge in [-0.2, -0.15) is 9.97 Å². The van der Waals surface area contributed by atoms with Crippen molar-refractivity contribution in [2.24, 2.45) is 0 Å². The molecule has 0 saturated carbocycles. The molecule has 0 atom stereocenters. The van der Waals surface area contributed by atoms with Crippen LogP contribution >= 0.6 is 0 Å². The number of nitrogens with zero attached hydrogens (tertiary/aromatic N) is 5. The zero-order valence-electron chi connectivity index (χ0n) is 36.2. The number of furan rings is 1. The van der Waals surface area contributed by atoms with E-state index >= 15 is 0 Å². The quantitative estimate of drug-likeness (QED) is 0.173. The van der Waals surface area contributed by atoms with Gasteiger partial charge in [-0.1, -0.05) is 184 Å². The Morgan fingerprint density at radius 3 is 1.74 bits per heavy atom. The first-order valence-electron chi connectivity index (χ1n) is 22.5. The Bertz CT molecular complexity index is 4140. The molecule has 1 aliphatic carbocycles. The smallest absolute Gasteiger partial charge is 0.238 e. The van der Waals surface area contributed by atoms with Gasteiger partial charge in [0.05, 0.1) is 22.1 Å². The fourth-order valence-electron chi connectivity index (χ4n) is 11.0. The highest BCUT2D eigenvalue weighted by Crippen LogP contribution is 2.52. The van der Waals surface area contributed by atoms with E-state index in [1.165, 1.54) is 22.3 Å². The van der Waals surface area contributed by atoms with Gasteiger partial charge in [0.15, 0.2) is 11.6 Å². The monoisotopic (exact) mass is 845 g/mol. The lowest BCUT2D eigenvalue weighted by Crippen LogP contribution is -2.14. The van der Waals surface area contributed by atoms with Crippen molar-refractivity contribution in [3.8, 4) is 56.7 Å². The molecule has 0 spiro atoms. The molecule has 1 aliphatic rings. The lowest BCUT2D eigenvalue weighted by Gasteiger charge is -2.21. The molecule has 0 amide bonds. The van der Waals surface area contributed by atoms with E-state index in [1.807, 2.05) is 24.3 Å². The van der Waals surface area contributed by atoms with E-state index < -0.39 is 0 Å². The van der Waals surface area contributed by atoms with Gasteiger partial charge in [0, 0.05) is 60.1 Å². The molecule has 14 rings (SSSR count). The van der Waals surface area contributed by atoms with Crippen molar-refractivity contribution in [1.82, 2.24) is 24.1 Å². The third-order valence-corrected chi connectivity index (χ3v) is 14.0. The van der Waals surface area contributed by atoms with Gasteiger partial charge in [0.25, 0.3) is 0 Å². The summed E-state index contributed by atoms with van der Waals surface area (Å²) >= 11 is 0. The van der Waals surface area contributed by atoms with Crippen LogP contribution in [0.4, 0.5) is 0 Å². The number of fused-ring (bicyclic) bond motifs is 13. The Morgan fingerprint density at radius 2 is 0.985 bits per heavy atom. The van der Waals surface area contributed by atoms with Gasteiger partial charge < -0.3 is 8.98 Å². The molecule has 0 fully saturated rings. The van der Waals surface area contributed by atoms with E-state index in [0.29, 0.717) is 17.6 Å². The SMILES string of the molecule is CC1(C)c2ccccc2-c2c(-c3nc(-c4ccccc4)nc(-n4c5ccccc5c5ccc6c7ccccc7n(-c7cc(-c8ccccc8)c8oc9ccccc9c8c7)c6c54)n3)cccc21. The summed E-state index contributed by atoms with van der Waals surface area (Å²) in [5.41, 5.74) is 15.8. The van der Waals surface area contributed by atoms with Crippen LogP contribution in [0.3, 0.4) is 0 Å². The van der Waals surface area contributed by atoms with Crippen molar-refractivity contribution in [3.05, 3.63) is 211 Å². The highest BCUT2D eigenvalue weighted by molar-refractivity contribution is 6.24. The van der Waals surface area contributed by atoms with E-state index in [9.17, 15) is 0 Å². The van der Waals surface area contributed by atoms with Crippen molar-refractivity contribution < 1.29 is 4.42 Å². The standard InChI is InChI=1S/C60H39N5O/c1-60(2)48-27-13-9-25-44(48)53-45(26-17-28-49(53)60)58-61-57(37-20-7-4-8-21-37)62-59(63-58)65-51-30-15-11-23-40(51)43-33-32-42-39-22-10-14-29-50(39)64(54(42)55(43)65)38-34-46(36-18-5-3-6-19-36)56-47(35-38)41-24-12-16-31-52(41)66-56/h3-35H,1-2H3. The largest absolute Gasteiger partial charge is 0.455 e. The maximum Gasteiger partial charge on any atom is 0.238 e. The minimum absolute atomic E-state index is 0.182. The maximum absolute atomic E-state index is 6.69. The van der Waals surface area contributed by atoms with Gasteiger partial charge in [-0.25, -0.2) is 4.98 Å². The molecule has 0 radical (unpaired) electrons. The van der Waals surface area contributed by atoms with Crippen LogP contribution in [0.5, 0.6) is 0 Å². The molecule has 4 aromatic heterocycles. The summed E-state index contributed by atoms with van der Waals surface area (Å²) in [5, 5.41) is 6.67. The topological polar surface area (TPSA) is 61.7 Å². The Balaban J connectivity index is 1.13. The second-order valence-electron chi connectivity index (χ2n) is 17.9. The summed E-state index contributed by atoms with van der Waals surface area (Å²) in [6, 6.07) is 71.1. The summed E-state index contributed by atoms with van der Waals surface area (Å²) in [7, 11) is 0. The second-order valence-corrected chi connectivity index (χ2v) is 17.9. The molecular formula is C60H39N5O. The zero-order valence-corrected chi connectivity index (χ0v) is 36.2. The number of rotatable bonds is 5. The van der Waals surface area contributed by atoms with Crippen LogP contribution < -0.4 is 0 Å². The molecule has 0 bridgehead atoms. The van der Waals surface area contributed by atoms with Crippen molar-refractivity contribution >= 4 is 65.6 Å². The molecule has 310 valence electrons. The van der Waals surface area contributed by atoms with Crippen molar-refractivity contribution in [2.75, 3.05) is 0 Å². The predicted molar refractivity (Wildman–Crippen MR) is 270 cm³/mol. The van der Waals surface area contributed by atoms with Crippen LogP contribution in [0.15, 0.2) is 205 Å². The average molecular weight is 846 g/mol. The first-order valence-corrected chi connectivity index (χ1v) is 22.5. The van der Waals surface area contributed by atoms with Gasteiger partial charge in [0.2, 0.25) is 5.95 Å². The lowest BCUT2D eigenvalue weighted by molar-refractivity contribution is 0.660. The Kier molecular flexibility index (Phi) is 7.64. The normalized spacial score (nSPS) is 13.1. The fraction of sp³-hybridized carbons (Fsp3) is 0.0500. The minimum atomic E-state index is -0.182. The van der Waals surface area contributed by atoms with E-state index in [0.717, 1.165) is 93.5 Å². The molecule has 0 unspecified atom stereocenters. The summed E-state index contributed by atoms with van der Waals surface area (Å²) in [4.78, 5) is 16.4. The van der Waals surface area contributed by atoms with Crippen molar-refractivity contribution in [3.63, 3.8) is 0 Å². The molecule has 13 aromatic rings. The van der Waals surface area contributed by atoms with E-state index in [4.69, 9.17) is 19.4 Å². The number of para-hydroxylation sites is 3. The zero-order chi connectivity index (χ0) is 43.7. The van der Waals surface area contributed by atoms with Gasteiger partial charge in [0.1, 0.15) is 11.2 Å². The molecule has 9 aromatic carbocycles. The molecule has 66 heavy (non-hydrogen) atoms. The van der Waals surface area contributed by atoms with Crippen LogP contribution in [-0.2, 0) is 5.41 Å². The molecule has 0 aliphatic heterocycles. The van der Waals surface area contributed by atoms with Gasteiger partial charge in [-0.3, -0.25) is 4.57 Å². The molecular weight excluding hydrogens is 807 g/mol. The first kappa shape index (κ1) is 36.8. The van der Waals surface area contributed by atoms with Gasteiger partial charge in [-0.05, 0) is 58.1 Å². The predicted octanol–water partition coefficient (Wildman–Crippen LogP) is 15.3. The van der Waals surface area contributed by atoms with Crippen LogP contribution in [0, 0.1) is 0 Å². The molecule has 0 N–H and O–H groups in total. The molecule has 4 heterocycles. The Morgan fingerprint density at radius 1 is 0.409 bits per heavy atom. The lowest BCUT2D eigenvalue weighted by atomic mass is 9.82. The third-order valence-electron chi connectivity index (χ3n) is 14.0. The van der Waals surface area contributed by atoms with Crippen molar-refractivity contribution in [1.29, 1.82) is 0 Å². The van der Waals surface area contributed by atoms with E-state index in [2.05, 4.69) is 199 Å². The second kappa shape index (κ2) is 13.7. The van der Waals surface area contributed by atoms with Crippen LogP contribution in [0.1, 0.15) is 25.0 Å². The summed E-state index contributed by atoms with van der Waals surface area (Å²) in [6.07, 6.45) is 0. The third kappa shape index (κ3) is 5.15. The molecule has 6 heteroatoms. The maximum atomic E-state index is 6.69. The van der Waals surface area contributed by atoms with Crippen LogP contribution in [0.25, 0.3) is 122 Å². The first-order chi connectivity index (χ1) is 32.5. The average Bonchev–Trinajstić information content (AvgIpc) is 4.09. The minimum Gasteiger partial charge on any atom is -0.455 e. The van der Waals surface area contributed by atoms with Crippen LogP contribution in [-0.4, -0.2) is 24.1 Å². The summed E-state index contributed by atoms with van der Waals surface area (Å²) < 4.78 is 11.4. The Hall–Kier alpha value is -8.61. The fourth-order valence-corrected chi connectivity index (χ4v) is 11.0. The van der Waals surface area contributed by atoms with Gasteiger partial charge >= 0.3 is 0 Å². The van der Waals surface area contributed by atoms with Gasteiger partial charge in [-0.15, -0.1) is 0 Å². The summed E-state index contributed by atoms with van der Waals surface area (Å²) in [5.74, 6) is 1.80. The number of hydrogen-bond donors (Lipinski definition) is 0. The van der Waals surface area contributed by atoms with E-state index in [-0.39, 0.29) is 5.41 Å². The molecule has 6 nitrogen and oxygen atoms in total. The van der Waals surface area contributed by atoms with Crippen LogP contribution in [0.2, 0.25) is 0 Å². The summed E-state index contributed by atoms with van der Waals surface area (Å²) in [6.45, 7) is 4.63. The number of hydrogen-bond acceptors (Lipinski definition) is 4. The highest BCUT2D eigenvalue weighted by atomic mass is 16.3.